The van der Waals surface area contributed by atoms with Crippen molar-refractivity contribution in [3.05, 3.63) is 36.2 Å². The highest BCUT2D eigenvalue weighted by atomic mass is 16.5. The number of nitrogens with two attached hydrogens (primary N) is 1. The Balaban J connectivity index is 2.38. The number of ether oxygens (including phenoxy) is 1. The maximum absolute atomic E-state index is 5.71. The third-order valence-electron chi connectivity index (χ3n) is 2.48. The van der Waals surface area contributed by atoms with Gasteiger partial charge in [-0.2, -0.15) is 9.97 Å². The van der Waals surface area contributed by atoms with Crippen molar-refractivity contribution in [2.24, 2.45) is 0 Å². The van der Waals surface area contributed by atoms with Crippen LogP contribution in [0.5, 0.6) is 0 Å². The zero-order valence-electron chi connectivity index (χ0n) is 10.5. The van der Waals surface area contributed by atoms with Crippen LogP contribution in [0.2, 0.25) is 0 Å². The van der Waals surface area contributed by atoms with E-state index in [1.54, 1.807) is 0 Å². The molecule has 2 N–H and O–H groups in total. The molecule has 0 radical (unpaired) electrons. The zero-order valence-corrected chi connectivity index (χ0v) is 10.5. The minimum absolute atomic E-state index is 0.192. The van der Waals surface area contributed by atoms with Crippen molar-refractivity contribution >= 4 is 5.95 Å². The summed E-state index contributed by atoms with van der Waals surface area (Å²) >= 11 is 0. The molecule has 0 aliphatic rings. The fourth-order valence-electron chi connectivity index (χ4n) is 1.63. The maximum Gasteiger partial charge on any atom is 0.223 e. The van der Waals surface area contributed by atoms with Gasteiger partial charge in [-0.1, -0.05) is 30.3 Å². The van der Waals surface area contributed by atoms with Crippen molar-refractivity contribution in [1.82, 2.24) is 15.0 Å². The molecule has 0 fully saturated rings. The number of nitrogen functional groups attached to an aromatic ring is 1. The lowest BCUT2D eigenvalue weighted by Crippen LogP contribution is -2.10. The summed E-state index contributed by atoms with van der Waals surface area (Å²) in [5, 5.41) is 0. The summed E-state index contributed by atoms with van der Waals surface area (Å²) in [6.07, 6.45) is -0.192. The minimum Gasteiger partial charge on any atom is -0.371 e. The van der Waals surface area contributed by atoms with Gasteiger partial charge in [0.15, 0.2) is 11.6 Å². The highest BCUT2D eigenvalue weighted by Gasteiger charge is 2.12. The average molecular weight is 244 g/mol. The molecule has 1 atom stereocenters. The van der Waals surface area contributed by atoms with E-state index in [4.69, 9.17) is 10.5 Å². The maximum atomic E-state index is 5.71. The summed E-state index contributed by atoms with van der Waals surface area (Å²) in [7, 11) is 0. The second kappa shape index (κ2) is 5.55. The Kier molecular flexibility index (Phi) is 3.84. The van der Waals surface area contributed by atoms with Gasteiger partial charge in [-0.3, -0.25) is 0 Å². The molecule has 94 valence electrons. The fourth-order valence-corrected chi connectivity index (χ4v) is 1.63. The normalized spacial score (nSPS) is 12.3. The number of nitrogens with zero attached hydrogens (tertiary/aromatic N) is 3. The van der Waals surface area contributed by atoms with E-state index in [9.17, 15) is 0 Å². The molecule has 0 amide bonds. The molecule has 1 unspecified atom stereocenters. The lowest BCUT2D eigenvalue weighted by molar-refractivity contribution is 0.0701. The van der Waals surface area contributed by atoms with Crippen LogP contribution in [-0.4, -0.2) is 21.6 Å². The van der Waals surface area contributed by atoms with Crippen molar-refractivity contribution < 1.29 is 4.74 Å². The third kappa shape index (κ3) is 2.81. The summed E-state index contributed by atoms with van der Waals surface area (Å²) in [5.41, 5.74) is 6.63. The number of benzene rings is 1. The Morgan fingerprint density at radius 3 is 2.56 bits per heavy atom. The number of hydrogen-bond acceptors (Lipinski definition) is 5. The third-order valence-corrected chi connectivity index (χ3v) is 2.48. The summed E-state index contributed by atoms with van der Waals surface area (Å²) in [6, 6.07) is 9.67. The van der Waals surface area contributed by atoms with Crippen molar-refractivity contribution in [3.8, 4) is 11.4 Å². The van der Waals surface area contributed by atoms with E-state index >= 15 is 0 Å². The van der Waals surface area contributed by atoms with Gasteiger partial charge < -0.3 is 10.5 Å². The van der Waals surface area contributed by atoms with E-state index in [-0.39, 0.29) is 12.1 Å². The lowest BCUT2D eigenvalue weighted by Gasteiger charge is -2.11. The first-order chi connectivity index (χ1) is 8.70. The molecule has 0 saturated carbocycles. The van der Waals surface area contributed by atoms with E-state index in [1.165, 1.54) is 0 Å². The predicted octanol–water partition coefficient (Wildman–Crippen LogP) is 2.22. The smallest absolute Gasteiger partial charge is 0.223 e. The van der Waals surface area contributed by atoms with E-state index < -0.39 is 0 Å². The molecule has 1 aromatic heterocycles. The first-order valence-corrected chi connectivity index (χ1v) is 5.89. The van der Waals surface area contributed by atoms with E-state index in [0.717, 1.165) is 5.56 Å². The quantitative estimate of drug-likeness (QED) is 0.892. The van der Waals surface area contributed by atoms with Gasteiger partial charge in [0.25, 0.3) is 0 Å². The van der Waals surface area contributed by atoms with Crippen molar-refractivity contribution in [3.63, 3.8) is 0 Å². The van der Waals surface area contributed by atoms with Crippen molar-refractivity contribution in [1.29, 1.82) is 0 Å². The van der Waals surface area contributed by atoms with Gasteiger partial charge in [-0.25, -0.2) is 4.98 Å². The Hall–Kier alpha value is -2.01. The van der Waals surface area contributed by atoms with Gasteiger partial charge in [-0.15, -0.1) is 0 Å². The molecular weight excluding hydrogens is 228 g/mol. The molecule has 5 nitrogen and oxygen atoms in total. The van der Waals surface area contributed by atoms with E-state index in [0.29, 0.717) is 18.3 Å². The summed E-state index contributed by atoms with van der Waals surface area (Å²) in [4.78, 5) is 12.7. The van der Waals surface area contributed by atoms with Crippen LogP contribution in [0, 0.1) is 0 Å². The molecule has 0 aliphatic carbocycles. The van der Waals surface area contributed by atoms with E-state index in [2.05, 4.69) is 15.0 Å². The first kappa shape index (κ1) is 12.4. The van der Waals surface area contributed by atoms with Crippen LogP contribution in [0.3, 0.4) is 0 Å². The Labute approximate surface area is 106 Å². The fraction of sp³-hybridized carbons (Fsp3) is 0.308. The number of anilines is 1. The van der Waals surface area contributed by atoms with Gasteiger partial charge >= 0.3 is 0 Å². The van der Waals surface area contributed by atoms with Crippen LogP contribution >= 0.6 is 0 Å². The largest absolute Gasteiger partial charge is 0.371 e. The standard InChI is InChI=1S/C13H16N4O/c1-3-18-9(2)11-15-12(17-13(14)16-11)10-7-5-4-6-8-10/h4-9H,3H2,1-2H3,(H2,14,15,16,17). The molecule has 2 aromatic rings. The highest BCUT2D eigenvalue weighted by molar-refractivity contribution is 5.55. The molecule has 18 heavy (non-hydrogen) atoms. The van der Waals surface area contributed by atoms with Crippen LogP contribution in [0.1, 0.15) is 25.8 Å². The second-order valence-corrected chi connectivity index (χ2v) is 3.84. The molecule has 5 heteroatoms. The van der Waals surface area contributed by atoms with Crippen LogP contribution in [0.4, 0.5) is 5.95 Å². The first-order valence-electron chi connectivity index (χ1n) is 5.89. The molecule has 0 spiro atoms. The molecule has 0 aliphatic heterocycles. The Bertz CT molecular complexity index is 516. The molecule has 1 aromatic carbocycles. The molecule has 1 heterocycles. The van der Waals surface area contributed by atoms with Gasteiger partial charge in [0.2, 0.25) is 5.95 Å². The average Bonchev–Trinajstić information content (AvgIpc) is 2.39. The van der Waals surface area contributed by atoms with Crippen LogP contribution < -0.4 is 5.73 Å². The summed E-state index contributed by atoms with van der Waals surface area (Å²) in [6.45, 7) is 4.43. The van der Waals surface area contributed by atoms with Crippen molar-refractivity contribution in [2.75, 3.05) is 12.3 Å². The van der Waals surface area contributed by atoms with Gasteiger partial charge in [0, 0.05) is 12.2 Å². The van der Waals surface area contributed by atoms with Gasteiger partial charge in [-0.05, 0) is 13.8 Å². The molecule has 0 bridgehead atoms. The SMILES string of the molecule is CCOC(C)c1nc(N)nc(-c2ccccc2)n1. The molecular formula is C13H16N4O. The summed E-state index contributed by atoms with van der Waals surface area (Å²) < 4.78 is 5.47. The number of aromatic nitrogens is 3. The second-order valence-electron chi connectivity index (χ2n) is 3.84. The van der Waals surface area contributed by atoms with Crippen molar-refractivity contribution in [2.45, 2.75) is 20.0 Å². The Morgan fingerprint density at radius 1 is 1.17 bits per heavy atom. The van der Waals surface area contributed by atoms with E-state index in [1.807, 2.05) is 44.2 Å². The van der Waals surface area contributed by atoms with Crippen LogP contribution in [0.15, 0.2) is 30.3 Å². The monoisotopic (exact) mass is 244 g/mol. The number of rotatable bonds is 4. The molecule has 2 rings (SSSR count). The zero-order chi connectivity index (χ0) is 13.0. The van der Waals surface area contributed by atoms with Crippen LogP contribution in [0.25, 0.3) is 11.4 Å². The number of hydrogen-bond donors (Lipinski definition) is 1. The Morgan fingerprint density at radius 2 is 1.89 bits per heavy atom. The summed E-state index contributed by atoms with van der Waals surface area (Å²) in [5.74, 6) is 1.35. The minimum atomic E-state index is -0.192. The van der Waals surface area contributed by atoms with Crippen LogP contribution in [-0.2, 0) is 4.74 Å². The van der Waals surface area contributed by atoms with Gasteiger partial charge in [0.05, 0.1) is 0 Å². The lowest BCUT2D eigenvalue weighted by atomic mass is 10.2. The topological polar surface area (TPSA) is 73.9 Å². The van der Waals surface area contributed by atoms with Gasteiger partial charge in [0.1, 0.15) is 6.10 Å². The predicted molar refractivity (Wildman–Crippen MR) is 69.7 cm³/mol. The molecule has 0 saturated heterocycles. The highest BCUT2D eigenvalue weighted by Crippen LogP contribution is 2.18.